The molecule has 0 fully saturated rings. The highest BCUT2D eigenvalue weighted by Gasteiger charge is 2.31. The molecule has 0 heterocycles. The standard InChI is InChI=1S/C94H184O17P2/c1-6-10-13-16-19-22-25-27-29-31-33-35-37-39-41-43-48-53-58-63-68-73-78-92(97)105-84-90(111-93(98)79-74-69-64-59-54-49-44-42-40-38-36-34-32-30-28-26-23-20-17-14-11-7-2)86-109-113(102,103)107-82-88(95)81-106-112(100,101)108-85-89(83-104-91(96)77-72-67-62-57-51-24-21-18-15-12-8-3)110-94(99)80-75-70-65-60-55-50-46-45-47-52-56-61-66-71-76-87(5)9-4/h87-90,95H,6-86H2,1-5H3,(H,100,101)(H,102,103)/t87?,88-,89+,90+/m0/s1. The predicted molar refractivity (Wildman–Crippen MR) is 469 cm³/mol. The molecule has 0 aliphatic heterocycles. The Balaban J connectivity index is 5.22. The van der Waals surface area contributed by atoms with Gasteiger partial charge in [-0.3, -0.25) is 37.3 Å². The zero-order chi connectivity index (χ0) is 82.6. The average Bonchev–Trinajstić information content (AvgIpc) is 0.896. The molecule has 0 aromatic heterocycles. The first-order valence-electron chi connectivity index (χ1n) is 48.7. The maximum Gasteiger partial charge on any atom is 0.472 e. The van der Waals surface area contributed by atoms with Crippen molar-refractivity contribution in [1.82, 2.24) is 0 Å². The third-order valence-electron chi connectivity index (χ3n) is 22.6. The van der Waals surface area contributed by atoms with E-state index in [1.165, 1.54) is 340 Å². The van der Waals surface area contributed by atoms with Crippen molar-refractivity contribution in [2.24, 2.45) is 5.92 Å². The lowest BCUT2D eigenvalue weighted by molar-refractivity contribution is -0.161. The molecule has 0 aromatic rings. The van der Waals surface area contributed by atoms with Crippen molar-refractivity contribution >= 4 is 39.5 Å². The molecule has 0 saturated heterocycles. The summed E-state index contributed by atoms with van der Waals surface area (Å²) in [4.78, 5) is 73.5. The van der Waals surface area contributed by atoms with Gasteiger partial charge in [-0.25, -0.2) is 9.13 Å². The second kappa shape index (κ2) is 86.4. The average molecular weight is 1650 g/mol. The van der Waals surface area contributed by atoms with Crippen LogP contribution >= 0.6 is 15.6 Å². The Morgan fingerprint density at radius 1 is 0.248 bits per heavy atom. The predicted octanol–water partition coefficient (Wildman–Crippen LogP) is 29.5. The normalized spacial score (nSPS) is 13.9. The van der Waals surface area contributed by atoms with Gasteiger partial charge < -0.3 is 33.8 Å². The zero-order valence-electron chi connectivity index (χ0n) is 74.5. The fourth-order valence-electron chi connectivity index (χ4n) is 14.9. The molecule has 17 nitrogen and oxygen atoms in total. The number of hydrogen-bond donors (Lipinski definition) is 3. The molecule has 113 heavy (non-hydrogen) atoms. The van der Waals surface area contributed by atoms with Crippen LogP contribution in [0.4, 0.5) is 0 Å². The Hall–Kier alpha value is -1.94. The van der Waals surface area contributed by atoms with Crippen molar-refractivity contribution in [2.75, 3.05) is 39.6 Å². The van der Waals surface area contributed by atoms with Gasteiger partial charge in [0.2, 0.25) is 0 Å². The summed E-state index contributed by atoms with van der Waals surface area (Å²) in [6.45, 7) is 7.46. The van der Waals surface area contributed by atoms with E-state index in [2.05, 4.69) is 34.6 Å². The monoisotopic (exact) mass is 1650 g/mol. The van der Waals surface area contributed by atoms with Crippen molar-refractivity contribution in [2.45, 2.75) is 534 Å². The van der Waals surface area contributed by atoms with Crippen LogP contribution < -0.4 is 0 Å². The van der Waals surface area contributed by atoms with Crippen LogP contribution in [0.25, 0.3) is 0 Å². The number of hydrogen-bond acceptors (Lipinski definition) is 15. The highest BCUT2D eigenvalue weighted by atomic mass is 31.2. The first-order chi connectivity index (χ1) is 55.1. The van der Waals surface area contributed by atoms with E-state index in [0.29, 0.717) is 25.7 Å². The molecular formula is C94H184O17P2. The van der Waals surface area contributed by atoms with Gasteiger partial charge in [-0.1, -0.05) is 465 Å². The molecule has 0 amide bonds. The molecule has 6 atom stereocenters. The van der Waals surface area contributed by atoms with E-state index in [0.717, 1.165) is 95.8 Å². The fraction of sp³-hybridized carbons (Fsp3) is 0.957. The van der Waals surface area contributed by atoms with E-state index in [9.17, 15) is 43.2 Å². The first kappa shape index (κ1) is 111. The number of aliphatic hydroxyl groups is 1. The summed E-state index contributed by atoms with van der Waals surface area (Å²) >= 11 is 0. The Morgan fingerprint density at radius 3 is 0.628 bits per heavy atom. The molecule has 0 aliphatic carbocycles. The summed E-state index contributed by atoms with van der Waals surface area (Å²) in [5, 5.41) is 10.7. The maximum atomic E-state index is 13.2. The van der Waals surface area contributed by atoms with Gasteiger partial charge in [0.05, 0.1) is 26.4 Å². The van der Waals surface area contributed by atoms with E-state index in [1.807, 2.05) is 0 Å². The van der Waals surface area contributed by atoms with Crippen molar-refractivity contribution in [3.63, 3.8) is 0 Å². The quantitative estimate of drug-likeness (QED) is 0.0222. The number of esters is 4. The van der Waals surface area contributed by atoms with Crippen LogP contribution in [0.1, 0.15) is 516 Å². The fourth-order valence-corrected chi connectivity index (χ4v) is 16.4. The van der Waals surface area contributed by atoms with Crippen molar-refractivity contribution < 1.29 is 80.2 Å². The summed E-state index contributed by atoms with van der Waals surface area (Å²) < 4.78 is 69.1. The van der Waals surface area contributed by atoms with Gasteiger partial charge in [-0.2, -0.15) is 0 Å². The van der Waals surface area contributed by atoms with Gasteiger partial charge in [0.25, 0.3) is 0 Å². The Morgan fingerprint density at radius 2 is 0.425 bits per heavy atom. The van der Waals surface area contributed by atoms with E-state index in [-0.39, 0.29) is 25.7 Å². The lowest BCUT2D eigenvalue weighted by atomic mass is 9.99. The summed E-state index contributed by atoms with van der Waals surface area (Å²) in [5.41, 5.74) is 0. The molecule has 0 spiro atoms. The molecule has 672 valence electrons. The summed E-state index contributed by atoms with van der Waals surface area (Å²) in [5.74, 6) is -1.25. The molecule has 3 N–H and O–H groups in total. The number of aliphatic hydroxyl groups excluding tert-OH is 1. The van der Waals surface area contributed by atoms with E-state index in [1.54, 1.807) is 0 Å². The van der Waals surface area contributed by atoms with E-state index in [4.69, 9.17) is 37.0 Å². The van der Waals surface area contributed by atoms with Crippen molar-refractivity contribution in [1.29, 1.82) is 0 Å². The molecule has 0 aliphatic rings. The van der Waals surface area contributed by atoms with Crippen LogP contribution in [0.3, 0.4) is 0 Å². The molecular weight excluding hydrogens is 1460 g/mol. The van der Waals surface area contributed by atoms with Gasteiger partial charge in [-0.15, -0.1) is 0 Å². The number of unbranched alkanes of at least 4 members (excludes halogenated alkanes) is 65. The molecule has 19 heteroatoms. The van der Waals surface area contributed by atoms with E-state index >= 15 is 0 Å². The molecule has 3 unspecified atom stereocenters. The highest BCUT2D eigenvalue weighted by molar-refractivity contribution is 7.47. The van der Waals surface area contributed by atoms with E-state index < -0.39 is 97.5 Å². The number of rotatable bonds is 94. The zero-order valence-corrected chi connectivity index (χ0v) is 76.3. The number of carbonyl (C=O) groups excluding carboxylic acids is 4. The Bertz CT molecular complexity index is 2140. The second-order valence-corrected chi connectivity index (χ2v) is 36.9. The highest BCUT2D eigenvalue weighted by Crippen LogP contribution is 2.45. The molecule has 0 rings (SSSR count). The molecule has 0 saturated carbocycles. The molecule has 0 radical (unpaired) electrons. The smallest absolute Gasteiger partial charge is 0.462 e. The number of carbonyl (C=O) groups is 4. The molecule has 0 bridgehead atoms. The topological polar surface area (TPSA) is 237 Å². The van der Waals surface area contributed by atoms with Gasteiger partial charge in [-0.05, 0) is 31.6 Å². The largest absolute Gasteiger partial charge is 0.472 e. The minimum atomic E-state index is -4.97. The van der Waals surface area contributed by atoms with Crippen LogP contribution in [0.15, 0.2) is 0 Å². The third-order valence-corrected chi connectivity index (χ3v) is 24.5. The van der Waals surface area contributed by atoms with Crippen LogP contribution in [-0.4, -0.2) is 96.7 Å². The number of ether oxygens (including phenoxy) is 4. The maximum absolute atomic E-state index is 13.2. The van der Waals surface area contributed by atoms with Crippen LogP contribution in [0.5, 0.6) is 0 Å². The lowest BCUT2D eigenvalue weighted by Crippen LogP contribution is -2.30. The molecule has 0 aromatic carbocycles. The summed E-state index contributed by atoms with van der Waals surface area (Å²) in [6, 6.07) is 0. The third kappa shape index (κ3) is 86.3. The van der Waals surface area contributed by atoms with Crippen molar-refractivity contribution in [3.05, 3.63) is 0 Å². The van der Waals surface area contributed by atoms with Gasteiger partial charge in [0.15, 0.2) is 12.2 Å². The first-order valence-corrected chi connectivity index (χ1v) is 51.7. The van der Waals surface area contributed by atoms with Crippen molar-refractivity contribution in [3.8, 4) is 0 Å². The number of phosphoric ester groups is 2. The Labute approximate surface area is 696 Å². The Kier molecular flexibility index (Phi) is 85.0. The minimum Gasteiger partial charge on any atom is -0.462 e. The SMILES string of the molecule is CCCCCCCCCCCCCCCCCCCCCCCCC(=O)OC[C@H](COP(=O)(O)OC[C@@H](O)COP(=O)(O)OC[C@@H](COC(=O)CCCCCCCCCCCCC)OC(=O)CCCCCCCCCCCCCCCCC(C)CC)OC(=O)CCCCCCCCCCCCCCCCCCCCCCCC. The van der Waals surface area contributed by atoms with Crippen LogP contribution in [-0.2, 0) is 65.4 Å². The minimum absolute atomic E-state index is 0.109. The summed E-state index contributed by atoms with van der Waals surface area (Å²) in [6.07, 6.45) is 83.5. The summed E-state index contributed by atoms with van der Waals surface area (Å²) in [7, 11) is -9.94. The lowest BCUT2D eigenvalue weighted by Gasteiger charge is -2.21. The number of phosphoric acid groups is 2. The van der Waals surface area contributed by atoms with Crippen LogP contribution in [0, 0.1) is 5.92 Å². The van der Waals surface area contributed by atoms with Gasteiger partial charge in [0, 0.05) is 25.7 Å². The van der Waals surface area contributed by atoms with Gasteiger partial charge in [0.1, 0.15) is 19.3 Å². The van der Waals surface area contributed by atoms with Crippen LogP contribution in [0.2, 0.25) is 0 Å². The second-order valence-electron chi connectivity index (χ2n) is 34.0. The van der Waals surface area contributed by atoms with Gasteiger partial charge >= 0.3 is 39.5 Å².